The van der Waals surface area contributed by atoms with Crippen LogP contribution in [0.15, 0.2) is 12.2 Å². The first-order valence-corrected chi connectivity index (χ1v) is 4.82. The lowest BCUT2D eigenvalue weighted by molar-refractivity contribution is -0.157. The van der Waals surface area contributed by atoms with Crippen LogP contribution in [0.1, 0.15) is 41.0 Å². The molecule has 0 aromatic rings. The van der Waals surface area contributed by atoms with Crippen LogP contribution in [0.5, 0.6) is 0 Å². The van der Waals surface area contributed by atoms with Gasteiger partial charge < -0.3 is 4.74 Å². The van der Waals surface area contributed by atoms with Crippen LogP contribution in [0.25, 0.3) is 0 Å². The van der Waals surface area contributed by atoms with Gasteiger partial charge in [-0.15, -0.1) is 0 Å². The summed E-state index contributed by atoms with van der Waals surface area (Å²) in [5.74, 6) is -0.196. The molecule has 0 amide bonds. The van der Waals surface area contributed by atoms with E-state index in [1.807, 2.05) is 46.8 Å². The molecule has 0 bridgehead atoms. The Kier molecular flexibility index (Phi) is 4.74. The molecular formula is C11H20O2. The van der Waals surface area contributed by atoms with E-state index in [2.05, 4.69) is 0 Å². The molecule has 0 saturated heterocycles. The Morgan fingerprint density at radius 3 is 2.38 bits per heavy atom. The summed E-state index contributed by atoms with van der Waals surface area (Å²) < 4.78 is 5.36. The highest BCUT2D eigenvalue weighted by Gasteiger charge is 2.24. The highest BCUT2D eigenvalue weighted by molar-refractivity contribution is 5.72. The molecule has 0 heterocycles. The van der Waals surface area contributed by atoms with Crippen LogP contribution in [-0.2, 0) is 9.53 Å². The summed E-state index contributed by atoms with van der Waals surface area (Å²) in [6.07, 6.45) is 4.64. The van der Waals surface area contributed by atoms with Gasteiger partial charge in [0.2, 0.25) is 0 Å². The first-order valence-electron chi connectivity index (χ1n) is 4.82. The van der Waals surface area contributed by atoms with E-state index in [4.69, 9.17) is 4.74 Å². The Morgan fingerprint density at radius 2 is 2.08 bits per heavy atom. The van der Waals surface area contributed by atoms with Gasteiger partial charge in [-0.05, 0) is 26.3 Å². The second-order valence-electron chi connectivity index (χ2n) is 3.74. The Balaban J connectivity index is 4.35. The maximum atomic E-state index is 11.3. The molecule has 13 heavy (non-hydrogen) atoms. The third-order valence-electron chi connectivity index (χ3n) is 2.03. The molecule has 0 aromatic heterocycles. The lowest BCUT2D eigenvalue weighted by Crippen LogP contribution is -2.30. The van der Waals surface area contributed by atoms with Gasteiger partial charge in [0.25, 0.3) is 0 Å². The molecule has 0 aliphatic carbocycles. The number of carbonyl (C=O) groups is 1. The van der Waals surface area contributed by atoms with Crippen LogP contribution < -0.4 is 0 Å². The Labute approximate surface area is 81.0 Å². The normalized spacial score (nSPS) is 16.2. The van der Waals surface area contributed by atoms with E-state index < -0.39 is 5.60 Å². The standard InChI is InChI=1S/C11H20O2/c1-6-8-11(5,7-2)13-10(12)9(3)4/h6,8-9H,7H2,1-5H3/b8-6+. The van der Waals surface area contributed by atoms with Crippen LogP contribution in [0.4, 0.5) is 0 Å². The lowest BCUT2D eigenvalue weighted by atomic mass is 10.0. The average Bonchev–Trinajstić information content (AvgIpc) is 2.04. The molecular weight excluding hydrogens is 164 g/mol. The smallest absolute Gasteiger partial charge is 0.309 e. The number of rotatable bonds is 4. The van der Waals surface area contributed by atoms with Crippen molar-refractivity contribution in [1.82, 2.24) is 0 Å². The number of carbonyl (C=O) groups excluding carboxylic acids is 1. The van der Waals surface area contributed by atoms with Crippen molar-refractivity contribution in [2.45, 2.75) is 46.6 Å². The molecule has 2 heteroatoms. The van der Waals surface area contributed by atoms with Crippen molar-refractivity contribution in [3.8, 4) is 0 Å². The molecule has 0 aliphatic rings. The summed E-state index contributed by atoms with van der Waals surface area (Å²) in [7, 11) is 0. The minimum Gasteiger partial charge on any atom is -0.455 e. The van der Waals surface area contributed by atoms with Crippen molar-refractivity contribution in [2.75, 3.05) is 0 Å². The Morgan fingerprint density at radius 1 is 1.54 bits per heavy atom. The van der Waals surface area contributed by atoms with E-state index in [0.717, 1.165) is 6.42 Å². The zero-order valence-corrected chi connectivity index (χ0v) is 9.26. The predicted octanol–water partition coefficient (Wildman–Crippen LogP) is 2.93. The van der Waals surface area contributed by atoms with Crippen LogP contribution in [0.2, 0.25) is 0 Å². The van der Waals surface area contributed by atoms with Gasteiger partial charge in [-0.2, -0.15) is 0 Å². The van der Waals surface area contributed by atoms with Crippen molar-refractivity contribution in [1.29, 1.82) is 0 Å². The van der Waals surface area contributed by atoms with Crippen LogP contribution >= 0.6 is 0 Å². The minimum absolute atomic E-state index is 0.0591. The second-order valence-corrected chi connectivity index (χ2v) is 3.74. The topological polar surface area (TPSA) is 26.3 Å². The highest BCUT2D eigenvalue weighted by Crippen LogP contribution is 2.18. The maximum Gasteiger partial charge on any atom is 0.309 e. The molecule has 0 fully saturated rings. The number of allylic oxidation sites excluding steroid dienone is 1. The third kappa shape index (κ3) is 4.11. The first kappa shape index (κ1) is 12.2. The van der Waals surface area contributed by atoms with Gasteiger partial charge in [-0.1, -0.05) is 26.8 Å². The van der Waals surface area contributed by atoms with Gasteiger partial charge in [0.1, 0.15) is 5.60 Å². The van der Waals surface area contributed by atoms with Gasteiger partial charge in [0.15, 0.2) is 0 Å². The Bertz CT molecular complexity index is 194. The molecule has 0 aromatic carbocycles. The number of hydrogen-bond acceptors (Lipinski definition) is 2. The molecule has 1 atom stereocenters. The van der Waals surface area contributed by atoms with E-state index >= 15 is 0 Å². The van der Waals surface area contributed by atoms with E-state index in [0.29, 0.717) is 0 Å². The summed E-state index contributed by atoms with van der Waals surface area (Å²) in [4.78, 5) is 11.3. The van der Waals surface area contributed by atoms with Crippen molar-refractivity contribution in [2.24, 2.45) is 5.92 Å². The summed E-state index contributed by atoms with van der Waals surface area (Å²) in [6.45, 7) is 9.54. The molecule has 0 radical (unpaired) electrons. The minimum atomic E-state index is -0.434. The largest absolute Gasteiger partial charge is 0.455 e. The van der Waals surface area contributed by atoms with Crippen LogP contribution in [0.3, 0.4) is 0 Å². The zero-order chi connectivity index (χ0) is 10.5. The first-order chi connectivity index (χ1) is 5.95. The van der Waals surface area contributed by atoms with Gasteiger partial charge in [-0.3, -0.25) is 4.79 Å². The second kappa shape index (κ2) is 5.05. The summed E-state index contributed by atoms with van der Waals surface area (Å²) in [5.41, 5.74) is -0.434. The summed E-state index contributed by atoms with van der Waals surface area (Å²) in [5, 5.41) is 0. The molecule has 0 aliphatic heterocycles. The molecule has 0 spiro atoms. The monoisotopic (exact) mass is 184 g/mol. The third-order valence-corrected chi connectivity index (χ3v) is 2.03. The average molecular weight is 184 g/mol. The van der Waals surface area contributed by atoms with Crippen molar-refractivity contribution in [3.05, 3.63) is 12.2 Å². The summed E-state index contributed by atoms with van der Waals surface area (Å²) in [6, 6.07) is 0. The number of hydrogen-bond donors (Lipinski definition) is 0. The van der Waals surface area contributed by atoms with E-state index in [1.165, 1.54) is 0 Å². The highest BCUT2D eigenvalue weighted by atomic mass is 16.6. The van der Waals surface area contributed by atoms with E-state index in [-0.39, 0.29) is 11.9 Å². The summed E-state index contributed by atoms with van der Waals surface area (Å²) >= 11 is 0. The Hall–Kier alpha value is -0.790. The van der Waals surface area contributed by atoms with Crippen molar-refractivity contribution in [3.63, 3.8) is 0 Å². The lowest BCUT2D eigenvalue weighted by Gasteiger charge is -2.25. The van der Waals surface area contributed by atoms with Gasteiger partial charge >= 0.3 is 5.97 Å². The molecule has 0 N–H and O–H groups in total. The number of esters is 1. The van der Waals surface area contributed by atoms with Gasteiger partial charge in [-0.25, -0.2) is 0 Å². The molecule has 2 nitrogen and oxygen atoms in total. The fourth-order valence-electron chi connectivity index (χ4n) is 0.924. The fraction of sp³-hybridized carbons (Fsp3) is 0.727. The molecule has 76 valence electrons. The SMILES string of the molecule is C/C=C/C(C)(CC)OC(=O)C(C)C. The molecule has 0 saturated carbocycles. The fourth-order valence-corrected chi connectivity index (χ4v) is 0.924. The quantitative estimate of drug-likeness (QED) is 0.496. The predicted molar refractivity (Wildman–Crippen MR) is 54.4 cm³/mol. The zero-order valence-electron chi connectivity index (χ0n) is 9.26. The van der Waals surface area contributed by atoms with E-state index in [1.54, 1.807) is 0 Å². The number of ether oxygens (including phenoxy) is 1. The van der Waals surface area contributed by atoms with Crippen LogP contribution in [0, 0.1) is 5.92 Å². The molecule has 1 unspecified atom stereocenters. The van der Waals surface area contributed by atoms with Crippen molar-refractivity contribution < 1.29 is 9.53 Å². The maximum absolute atomic E-state index is 11.3. The van der Waals surface area contributed by atoms with Gasteiger partial charge in [0, 0.05) is 0 Å². The van der Waals surface area contributed by atoms with Crippen molar-refractivity contribution >= 4 is 5.97 Å². The van der Waals surface area contributed by atoms with E-state index in [9.17, 15) is 4.79 Å². The van der Waals surface area contributed by atoms with Gasteiger partial charge in [0.05, 0.1) is 5.92 Å². The van der Waals surface area contributed by atoms with Crippen LogP contribution in [-0.4, -0.2) is 11.6 Å². The molecule has 0 rings (SSSR count).